The van der Waals surface area contributed by atoms with Crippen LogP contribution in [0.1, 0.15) is 0 Å². The van der Waals surface area contributed by atoms with Gasteiger partial charge in [0.15, 0.2) is 6.61 Å². The van der Waals surface area contributed by atoms with Gasteiger partial charge in [-0.2, -0.15) is 0 Å². The van der Waals surface area contributed by atoms with Crippen molar-refractivity contribution in [2.24, 2.45) is 5.73 Å². The molecule has 0 unspecified atom stereocenters. The average molecular weight is 283 g/mol. The van der Waals surface area contributed by atoms with Gasteiger partial charge in [-0.25, -0.2) is 9.97 Å². The molecule has 0 aliphatic heterocycles. The molecule has 0 radical (unpaired) electrons. The highest BCUT2D eigenvalue weighted by Gasteiger charge is 2.10. The molecular weight excluding hydrogens is 274 g/mol. The number of esters is 1. The largest absolute Gasteiger partial charge is 0.455 e. The van der Waals surface area contributed by atoms with Crippen LogP contribution in [0, 0.1) is 0 Å². The monoisotopic (exact) mass is 283 g/mol. The zero-order valence-corrected chi connectivity index (χ0v) is 10.8. The summed E-state index contributed by atoms with van der Waals surface area (Å²) in [5, 5.41) is 3.54. The highest BCUT2D eigenvalue weighted by molar-refractivity contribution is 8.00. The van der Waals surface area contributed by atoms with E-state index in [0.29, 0.717) is 0 Å². The van der Waals surface area contributed by atoms with Crippen LogP contribution in [0.3, 0.4) is 0 Å². The fourth-order valence-electron chi connectivity index (χ4n) is 1.20. The van der Waals surface area contributed by atoms with E-state index in [1.807, 2.05) is 11.4 Å². The quantitative estimate of drug-likeness (QED) is 0.495. The molecule has 6 nitrogen and oxygen atoms in total. The summed E-state index contributed by atoms with van der Waals surface area (Å²) in [6, 6.07) is 1.90. The minimum Gasteiger partial charge on any atom is -0.455 e. The van der Waals surface area contributed by atoms with E-state index in [2.05, 4.69) is 14.7 Å². The topological polar surface area (TPSA) is 95.2 Å². The molecule has 2 N–H and O–H groups in total. The van der Waals surface area contributed by atoms with E-state index < -0.39 is 18.5 Å². The van der Waals surface area contributed by atoms with Crippen molar-refractivity contribution in [1.82, 2.24) is 9.97 Å². The Morgan fingerprint density at radius 1 is 1.44 bits per heavy atom. The van der Waals surface area contributed by atoms with Crippen LogP contribution in [-0.4, -0.2) is 34.2 Å². The molecule has 0 aromatic carbocycles. The SMILES string of the molecule is NC(=O)COC(=O)CSc1ncnc2sccc12. The van der Waals surface area contributed by atoms with Gasteiger partial charge in [0.1, 0.15) is 16.2 Å². The molecule has 0 saturated carbocycles. The number of thioether (sulfide) groups is 1. The maximum atomic E-state index is 11.3. The number of fused-ring (bicyclic) bond motifs is 1. The number of amides is 1. The third-order valence-electron chi connectivity index (χ3n) is 1.93. The van der Waals surface area contributed by atoms with E-state index in [1.54, 1.807) is 0 Å². The number of thiophene rings is 1. The van der Waals surface area contributed by atoms with Gasteiger partial charge >= 0.3 is 5.97 Å². The second-order valence-corrected chi connectivity index (χ2v) is 5.09. The van der Waals surface area contributed by atoms with E-state index in [1.165, 1.54) is 29.4 Å². The Balaban J connectivity index is 1.96. The molecule has 2 aromatic heterocycles. The number of nitrogens with zero attached hydrogens (tertiary/aromatic N) is 2. The Labute approximate surface area is 111 Å². The molecule has 94 valence electrons. The van der Waals surface area contributed by atoms with Gasteiger partial charge in [-0.1, -0.05) is 11.8 Å². The van der Waals surface area contributed by atoms with Gasteiger partial charge in [-0.3, -0.25) is 9.59 Å². The van der Waals surface area contributed by atoms with E-state index in [9.17, 15) is 9.59 Å². The molecular formula is C10H9N3O3S2. The molecule has 0 atom stereocenters. The first kappa shape index (κ1) is 12.8. The minimum absolute atomic E-state index is 0.0786. The highest BCUT2D eigenvalue weighted by Crippen LogP contribution is 2.27. The van der Waals surface area contributed by atoms with E-state index >= 15 is 0 Å². The summed E-state index contributed by atoms with van der Waals surface area (Å²) in [6.07, 6.45) is 1.45. The van der Waals surface area contributed by atoms with Crippen molar-refractivity contribution in [3.05, 3.63) is 17.8 Å². The Morgan fingerprint density at radius 2 is 2.28 bits per heavy atom. The van der Waals surface area contributed by atoms with Crippen LogP contribution < -0.4 is 5.73 Å². The van der Waals surface area contributed by atoms with E-state index in [-0.39, 0.29) is 5.75 Å². The smallest absolute Gasteiger partial charge is 0.316 e. The van der Waals surface area contributed by atoms with Crippen LogP contribution in [0.4, 0.5) is 0 Å². The normalized spacial score (nSPS) is 10.4. The summed E-state index contributed by atoms with van der Waals surface area (Å²) in [5.74, 6) is -1.09. The van der Waals surface area contributed by atoms with Crippen molar-refractivity contribution in [3.8, 4) is 0 Å². The van der Waals surface area contributed by atoms with E-state index in [0.717, 1.165) is 15.2 Å². The number of rotatable bonds is 5. The Kier molecular flexibility index (Phi) is 4.11. The van der Waals surface area contributed by atoms with Crippen LogP contribution in [0.5, 0.6) is 0 Å². The summed E-state index contributed by atoms with van der Waals surface area (Å²) in [5.41, 5.74) is 4.87. The lowest BCUT2D eigenvalue weighted by atomic mass is 10.4. The number of hydrogen-bond acceptors (Lipinski definition) is 7. The summed E-state index contributed by atoms with van der Waals surface area (Å²) in [7, 11) is 0. The summed E-state index contributed by atoms with van der Waals surface area (Å²) in [6.45, 7) is -0.392. The number of ether oxygens (including phenoxy) is 1. The van der Waals surface area contributed by atoms with E-state index in [4.69, 9.17) is 5.73 Å². The van der Waals surface area contributed by atoms with Crippen molar-refractivity contribution >= 4 is 45.2 Å². The van der Waals surface area contributed by atoms with Gasteiger partial charge in [-0.05, 0) is 11.4 Å². The van der Waals surface area contributed by atoms with Crippen LogP contribution in [0.25, 0.3) is 10.2 Å². The molecule has 2 heterocycles. The molecule has 0 aliphatic rings. The van der Waals surface area contributed by atoms with Gasteiger partial charge < -0.3 is 10.5 Å². The van der Waals surface area contributed by atoms with Crippen molar-refractivity contribution < 1.29 is 14.3 Å². The standard InChI is InChI=1S/C10H9N3O3S2/c11-7(14)3-16-8(15)4-18-10-6-1-2-17-9(6)12-5-13-10/h1-2,5H,3-4H2,(H2,11,14). The number of primary amides is 1. The van der Waals surface area contributed by atoms with Gasteiger partial charge in [-0.15, -0.1) is 11.3 Å². The Bertz CT molecular complexity index is 585. The molecule has 0 spiro atoms. The Hall–Kier alpha value is -1.67. The first-order valence-electron chi connectivity index (χ1n) is 4.92. The average Bonchev–Trinajstić information content (AvgIpc) is 2.82. The molecule has 2 aromatic rings. The number of hydrogen-bond donors (Lipinski definition) is 1. The first-order chi connectivity index (χ1) is 8.66. The highest BCUT2D eigenvalue weighted by atomic mass is 32.2. The van der Waals surface area contributed by atoms with Crippen LogP contribution in [0.2, 0.25) is 0 Å². The lowest BCUT2D eigenvalue weighted by molar-refractivity contribution is -0.145. The molecule has 18 heavy (non-hydrogen) atoms. The molecule has 2 rings (SSSR count). The number of carbonyl (C=O) groups is 2. The molecule has 1 amide bonds. The summed E-state index contributed by atoms with van der Waals surface area (Å²) in [4.78, 5) is 30.8. The second-order valence-electron chi connectivity index (χ2n) is 3.23. The minimum atomic E-state index is -0.671. The first-order valence-corrected chi connectivity index (χ1v) is 6.78. The molecule has 8 heteroatoms. The maximum Gasteiger partial charge on any atom is 0.316 e. The van der Waals surface area contributed by atoms with Crippen molar-refractivity contribution in [3.63, 3.8) is 0 Å². The van der Waals surface area contributed by atoms with Crippen LogP contribution in [0.15, 0.2) is 22.8 Å². The zero-order valence-electron chi connectivity index (χ0n) is 9.16. The lowest BCUT2D eigenvalue weighted by Crippen LogP contribution is -2.21. The van der Waals surface area contributed by atoms with Crippen LogP contribution >= 0.6 is 23.1 Å². The predicted octanol–water partition coefficient (Wildman–Crippen LogP) is 0.812. The maximum absolute atomic E-state index is 11.3. The van der Waals surface area contributed by atoms with Crippen LogP contribution in [-0.2, 0) is 14.3 Å². The molecule has 0 bridgehead atoms. The third kappa shape index (κ3) is 3.17. The molecule has 0 aliphatic carbocycles. The summed E-state index contributed by atoms with van der Waals surface area (Å²) >= 11 is 2.75. The second kappa shape index (κ2) is 5.78. The number of nitrogens with two attached hydrogens (primary N) is 1. The summed E-state index contributed by atoms with van der Waals surface area (Å²) < 4.78 is 4.64. The predicted molar refractivity (Wildman–Crippen MR) is 68.3 cm³/mol. The van der Waals surface area contributed by atoms with Gasteiger partial charge in [0, 0.05) is 5.39 Å². The fraction of sp³-hybridized carbons (Fsp3) is 0.200. The fourth-order valence-corrected chi connectivity index (χ4v) is 2.78. The Morgan fingerprint density at radius 3 is 3.06 bits per heavy atom. The van der Waals surface area contributed by atoms with Crippen molar-refractivity contribution in [1.29, 1.82) is 0 Å². The van der Waals surface area contributed by atoms with Crippen molar-refractivity contribution in [2.45, 2.75) is 5.03 Å². The van der Waals surface area contributed by atoms with Gasteiger partial charge in [0.2, 0.25) is 0 Å². The zero-order chi connectivity index (χ0) is 13.0. The molecule has 0 fully saturated rings. The van der Waals surface area contributed by atoms with Gasteiger partial charge in [0.25, 0.3) is 5.91 Å². The third-order valence-corrected chi connectivity index (χ3v) is 3.73. The number of aromatic nitrogens is 2. The van der Waals surface area contributed by atoms with Gasteiger partial charge in [0.05, 0.1) is 5.75 Å². The number of carbonyl (C=O) groups excluding carboxylic acids is 2. The lowest BCUT2D eigenvalue weighted by Gasteiger charge is -2.02. The van der Waals surface area contributed by atoms with Crippen molar-refractivity contribution in [2.75, 3.05) is 12.4 Å². The molecule has 0 saturated heterocycles.